The predicted molar refractivity (Wildman–Crippen MR) is 217 cm³/mol. The standard InChI is InChI=1S/C43H48F3N9O5/c1-42(2,60)29-19-31-25(18-32(29)48-39(57)30-6-4-9-36(47-30)43(44,45)46)21-53(50-31)26-12-10-24(11-13-26)20-52-22-27-14-15-28(23-52)54(27)33-7-5-8-34-38(33)51(3)41(59)55(34)35-16-17-37(56)49-40(35)58/h4-9,18-19,21,24,26-28,35,60H,10-17,20,22-23H2,1-3H3,(H,48,57)(H,49,56,58)/t24-,26-,27-,28+,35?. The number of nitrogens with one attached hydrogen (secondary N) is 2. The number of aryl methyl sites for hydroxylation is 1. The number of carbonyl (C=O) groups excluding carboxylic acids is 3. The van der Waals surface area contributed by atoms with Crippen LogP contribution < -0.4 is 21.2 Å². The number of rotatable bonds is 8. The number of alkyl halides is 3. The van der Waals surface area contributed by atoms with Crippen molar-refractivity contribution in [2.75, 3.05) is 29.9 Å². The molecule has 316 valence electrons. The SMILES string of the molecule is Cn1c(=O)n(C2CCC(=O)NC2=O)c2cccc(N3[C@@H]4CC[C@H]3CN(C[C@H]3CC[C@H](n5cc6cc(NC(=O)c7cccc(C(F)(F)F)n7)c(C(C)(C)O)cc6n5)CC3)C4)c21. The molecule has 6 heterocycles. The summed E-state index contributed by atoms with van der Waals surface area (Å²) in [6.07, 6.45) is 3.78. The first-order valence-corrected chi connectivity index (χ1v) is 20.7. The Kier molecular flexibility index (Phi) is 9.88. The molecule has 2 bridgehead atoms. The minimum absolute atomic E-state index is 0.166. The van der Waals surface area contributed by atoms with Gasteiger partial charge in [0.05, 0.1) is 33.9 Å². The second-order valence-electron chi connectivity index (χ2n) is 17.5. The van der Waals surface area contributed by atoms with Gasteiger partial charge in [-0.2, -0.15) is 18.3 Å². The number of imide groups is 1. The topological polar surface area (TPSA) is 160 Å². The highest BCUT2D eigenvalue weighted by Crippen LogP contribution is 2.41. The van der Waals surface area contributed by atoms with Crippen LogP contribution in [0, 0.1) is 5.92 Å². The van der Waals surface area contributed by atoms with Gasteiger partial charge in [0.1, 0.15) is 17.4 Å². The molecule has 4 fully saturated rings. The molecular formula is C43H48F3N9O5. The first kappa shape index (κ1) is 39.9. The highest BCUT2D eigenvalue weighted by Gasteiger charge is 2.42. The molecule has 3 aliphatic heterocycles. The molecule has 3 aromatic heterocycles. The van der Waals surface area contributed by atoms with E-state index in [-0.39, 0.29) is 29.7 Å². The summed E-state index contributed by atoms with van der Waals surface area (Å²) in [4.78, 5) is 60.0. The number of piperidine rings is 1. The highest BCUT2D eigenvalue weighted by molar-refractivity contribution is 6.04. The van der Waals surface area contributed by atoms with Gasteiger partial charge in [0.25, 0.3) is 5.91 Å². The zero-order valence-electron chi connectivity index (χ0n) is 33.7. The fourth-order valence-electron chi connectivity index (χ4n) is 10.1. The second kappa shape index (κ2) is 14.9. The van der Waals surface area contributed by atoms with E-state index in [2.05, 4.69) is 31.5 Å². The molecule has 14 nitrogen and oxygen atoms in total. The van der Waals surface area contributed by atoms with Gasteiger partial charge in [-0.15, -0.1) is 0 Å². The number of pyridine rings is 1. The van der Waals surface area contributed by atoms with Crippen LogP contribution in [0.15, 0.2) is 59.5 Å². The van der Waals surface area contributed by atoms with Crippen molar-refractivity contribution in [3.05, 3.63) is 82.2 Å². The van der Waals surface area contributed by atoms with E-state index >= 15 is 0 Å². The molecule has 2 aromatic carbocycles. The Morgan fingerprint density at radius 3 is 2.32 bits per heavy atom. The third kappa shape index (κ3) is 7.24. The Balaban J connectivity index is 0.860. The lowest BCUT2D eigenvalue weighted by atomic mass is 9.85. The quantitative estimate of drug-likeness (QED) is 0.168. The summed E-state index contributed by atoms with van der Waals surface area (Å²) in [6, 6.07) is 12.5. The van der Waals surface area contributed by atoms with Crippen molar-refractivity contribution < 1.29 is 32.7 Å². The lowest BCUT2D eigenvalue weighted by Gasteiger charge is -2.44. The van der Waals surface area contributed by atoms with Gasteiger partial charge < -0.3 is 15.3 Å². The Hall–Kier alpha value is -5.55. The number of para-hydroxylation sites is 1. The van der Waals surface area contributed by atoms with Crippen molar-refractivity contribution in [3.8, 4) is 0 Å². The average molecular weight is 828 g/mol. The number of hydrogen-bond acceptors (Lipinski definition) is 9. The fourth-order valence-corrected chi connectivity index (χ4v) is 10.1. The van der Waals surface area contributed by atoms with Crippen LogP contribution in [0.4, 0.5) is 24.5 Å². The first-order valence-electron chi connectivity index (χ1n) is 20.7. The van der Waals surface area contributed by atoms with Crippen LogP contribution in [-0.4, -0.2) is 83.3 Å². The number of aliphatic hydroxyl groups is 1. The van der Waals surface area contributed by atoms with Gasteiger partial charge in [0, 0.05) is 68.0 Å². The molecule has 3 N–H and O–H groups in total. The van der Waals surface area contributed by atoms with Crippen molar-refractivity contribution >= 4 is 51.0 Å². The zero-order chi connectivity index (χ0) is 42.2. The van der Waals surface area contributed by atoms with Crippen LogP contribution in [0.2, 0.25) is 0 Å². The molecule has 17 heteroatoms. The smallest absolute Gasteiger partial charge is 0.386 e. The molecule has 1 saturated carbocycles. The fraction of sp³-hybridized carbons (Fsp3) is 0.488. The molecule has 1 unspecified atom stereocenters. The Morgan fingerprint density at radius 1 is 0.933 bits per heavy atom. The van der Waals surface area contributed by atoms with E-state index in [1.54, 1.807) is 42.2 Å². The minimum atomic E-state index is -4.70. The molecule has 3 amide bonds. The summed E-state index contributed by atoms with van der Waals surface area (Å²) < 4.78 is 45.0. The number of carbonyl (C=O) groups is 3. The van der Waals surface area contributed by atoms with E-state index in [1.807, 2.05) is 23.0 Å². The summed E-state index contributed by atoms with van der Waals surface area (Å²) in [5.74, 6) is -1.05. The van der Waals surface area contributed by atoms with Gasteiger partial charge in [0.2, 0.25) is 11.8 Å². The van der Waals surface area contributed by atoms with Gasteiger partial charge >= 0.3 is 11.9 Å². The Labute approximate surface area is 343 Å². The number of anilines is 2. The van der Waals surface area contributed by atoms with Crippen molar-refractivity contribution in [3.63, 3.8) is 0 Å². The number of nitrogens with zero attached hydrogens (tertiary/aromatic N) is 7. The van der Waals surface area contributed by atoms with Gasteiger partial charge in [-0.1, -0.05) is 12.1 Å². The third-order valence-electron chi connectivity index (χ3n) is 13.0. The second-order valence-corrected chi connectivity index (χ2v) is 17.5. The molecule has 0 spiro atoms. The molecule has 60 heavy (non-hydrogen) atoms. The molecule has 3 atom stereocenters. The van der Waals surface area contributed by atoms with Crippen LogP contribution in [0.5, 0.6) is 0 Å². The number of fused-ring (bicyclic) bond motifs is 4. The van der Waals surface area contributed by atoms with E-state index < -0.39 is 41.0 Å². The lowest BCUT2D eigenvalue weighted by Crippen LogP contribution is -2.55. The van der Waals surface area contributed by atoms with Gasteiger partial charge in [-0.3, -0.25) is 38.4 Å². The third-order valence-corrected chi connectivity index (χ3v) is 13.0. The predicted octanol–water partition coefficient (Wildman–Crippen LogP) is 5.65. The zero-order valence-corrected chi connectivity index (χ0v) is 33.7. The number of halogens is 3. The van der Waals surface area contributed by atoms with Gasteiger partial charge in [-0.25, -0.2) is 9.78 Å². The Bertz CT molecular complexity index is 2570. The first-order chi connectivity index (χ1) is 28.5. The molecule has 0 radical (unpaired) electrons. The molecule has 9 rings (SSSR count). The molecule has 1 aliphatic carbocycles. The molecule has 3 saturated heterocycles. The highest BCUT2D eigenvalue weighted by atomic mass is 19.4. The van der Waals surface area contributed by atoms with Gasteiger partial charge in [0.15, 0.2) is 0 Å². The summed E-state index contributed by atoms with van der Waals surface area (Å²) in [7, 11) is 1.76. The van der Waals surface area contributed by atoms with Crippen molar-refractivity contribution in [1.29, 1.82) is 0 Å². The average Bonchev–Trinajstić information content (AvgIpc) is 3.82. The summed E-state index contributed by atoms with van der Waals surface area (Å²) >= 11 is 0. The van der Waals surface area contributed by atoms with Crippen LogP contribution in [0.1, 0.15) is 99.0 Å². The largest absolute Gasteiger partial charge is 0.433 e. The maximum Gasteiger partial charge on any atom is 0.433 e. The Morgan fingerprint density at radius 2 is 1.63 bits per heavy atom. The van der Waals surface area contributed by atoms with E-state index in [9.17, 15) is 37.5 Å². The van der Waals surface area contributed by atoms with Crippen molar-refractivity contribution in [1.82, 2.24) is 34.1 Å². The number of amides is 3. The minimum Gasteiger partial charge on any atom is -0.386 e. The van der Waals surface area contributed by atoms with Crippen molar-refractivity contribution in [2.24, 2.45) is 13.0 Å². The van der Waals surface area contributed by atoms with Crippen LogP contribution in [0.25, 0.3) is 21.9 Å². The van der Waals surface area contributed by atoms with Gasteiger partial charge in [-0.05, 0) is 101 Å². The number of piperazine rings is 1. The van der Waals surface area contributed by atoms with Crippen LogP contribution >= 0.6 is 0 Å². The summed E-state index contributed by atoms with van der Waals surface area (Å²) in [5.41, 5.74) is 0.600. The van der Waals surface area contributed by atoms with Crippen molar-refractivity contribution in [2.45, 2.75) is 101 Å². The van der Waals surface area contributed by atoms with E-state index in [4.69, 9.17) is 5.10 Å². The summed E-state index contributed by atoms with van der Waals surface area (Å²) in [5, 5.41) is 21.7. The number of likely N-dealkylation sites (tertiary alicyclic amines) is 1. The number of imidazole rings is 1. The maximum absolute atomic E-state index is 13.6. The van der Waals surface area contributed by atoms with E-state index in [1.165, 1.54) is 6.07 Å². The normalized spacial score (nSPS) is 24.1. The number of hydrogen-bond donors (Lipinski definition) is 3. The van der Waals surface area contributed by atoms with Crippen LogP contribution in [0.3, 0.4) is 0 Å². The monoisotopic (exact) mass is 827 g/mol. The molecule has 4 aliphatic rings. The van der Waals surface area contributed by atoms with Crippen LogP contribution in [-0.2, 0) is 28.4 Å². The lowest BCUT2D eigenvalue weighted by molar-refractivity contribution is -0.141. The van der Waals surface area contributed by atoms with E-state index in [0.29, 0.717) is 41.0 Å². The molecular weight excluding hydrogens is 780 g/mol. The number of aromatic nitrogens is 5. The number of benzene rings is 2. The summed E-state index contributed by atoms with van der Waals surface area (Å²) in [6.45, 7) is 5.99. The maximum atomic E-state index is 13.6. The van der Waals surface area contributed by atoms with E-state index in [0.717, 1.165) is 86.9 Å². The molecule has 5 aromatic rings.